The molecule has 3 nitrogen and oxygen atoms in total. The minimum Gasteiger partial charge on any atom is -0.488 e. The fraction of sp³-hybridized carbons (Fsp3) is 0.538. The Morgan fingerprint density at radius 3 is 2.71 bits per heavy atom. The highest BCUT2D eigenvalue weighted by Gasteiger charge is 2.13. The summed E-state index contributed by atoms with van der Waals surface area (Å²) in [4.78, 5) is 0. The molecule has 0 saturated carbocycles. The third-order valence-corrected chi connectivity index (χ3v) is 3.07. The Balaban J connectivity index is 2.82. The van der Waals surface area contributed by atoms with Gasteiger partial charge in [-0.3, -0.25) is 0 Å². The highest BCUT2D eigenvalue weighted by molar-refractivity contribution is 9.10. The fourth-order valence-corrected chi connectivity index (χ4v) is 1.77. The molecule has 0 aromatic heterocycles. The molecule has 1 aromatic carbocycles. The normalized spacial score (nSPS) is 14.4. The van der Waals surface area contributed by atoms with Crippen LogP contribution in [0.3, 0.4) is 0 Å². The van der Waals surface area contributed by atoms with Crippen molar-refractivity contribution < 1.29 is 9.84 Å². The highest BCUT2D eigenvalue weighted by Crippen LogP contribution is 2.24. The van der Waals surface area contributed by atoms with E-state index in [1.165, 1.54) is 0 Å². The number of nitrogens with one attached hydrogen (secondary N) is 1. The first-order chi connectivity index (χ1) is 8.04. The molecule has 4 heteroatoms. The second-order valence-corrected chi connectivity index (χ2v) is 5.01. The zero-order valence-corrected chi connectivity index (χ0v) is 12.1. The third kappa shape index (κ3) is 4.66. The molecule has 0 bridgehead atoms. The van der Waals surface area contributed by atoms with Crippen LogP contribution in [0.1, 0.15) is 26.3 Å². The van der Waals surface area contributed by atoms with Crippen LogP contribution < -0.4 is 10.1 Å². The number of halogens is 1. The smallest absolute Gasteiger partial charge is 0.124 e. The molecule has 2 atom stereocenters. The molecule has 1 rings (SSSR count). The van der Waals surface area contributed by atoms with E-state index in [2.05, 4.69) is 28.2 Å². The fourth-order valence-electron chi connectivity index (χ4n) is 1.36. The first-order valence-electron chi connectivity index (χ1n) is 5.88. The van der Waals surface area contributed by atoms with Gasteiger partial charge in [0, 0.05) is 16.6 Å². The van der Waals surface area contributed by atoms with Gasteiger partial charge < -0.3 is 15.2 Å². The molecule has 2 unspecified atom stereocenters. The van der Waals surface area contributed by atoms with Crippen LogP contribution in [0.15, 0.2) is 22.7 Å². The number of hydrogen-bond donors (Lipinski definition) is 2. The molecule has 0 heterocycles. The summed E-state index contributed by atoms with van der Waals surface area (Å²) < 4.78 is 6.78. The van der Waals surface area contributed by atoms with Crippen molar-refractivity contribution in [1.82, 2.24) is 5.32 Å². The second kappa shape index (κ2) is 6.99. The minimum atomic E-state index is -0.481. The van der Waals surface area contributed by atoms with Gasteiger partial charge in [0.2, 0.25) is 0 Å². The molecule has 17 heavy (non-hydrogen) atoms. The van der Waals surface area contributed by atoms with Crippen LogP contribution in [0.4, 0.5) is 0 Å². The van der Waals surface area contributed by atoms with Gasteiger partial charge in [0.25, 0.3) is 0 Å². The van der Waals surface area contributed by atoms with Crippen molar-refractivity contribution in [2.24, 2.45) is 0 Å². The Morgan fingerprint density at radius 2 is 2.12 bits per heavy atom. The summed E-state index contributed by atoms with van der Waals surface area (Å²) in [5, 5.41) is 12.7. The molecule has 0 spiro atoms. The molecule has 0 saturated heterocycles. The summed E-state index contributed by atoms with van der Waals surface area (Å²) in [6.07, 6.45) is -0.692. The number of benzene rings is 1. The van der Waals surface area contributed by atoms with Crippen molar-refractivity contribution in [2.45, 2.75) is 39.5 Å². The Kier molecular flexibility index (Phi) is 5.95. The monoisotopic (exact) mass is 301 g/mol. The Hall–Kier alpha value is -0.580. The summed E-state index contributed by atoms with van der Waals surface area (Å²) in [6.45, 7) is 7.34. The van der Waals surface area contributed by atoms with E-state index in [1.807, 2.05) is 25.1 Å². The molecule has 0 aliphatic rings. The molecule has 2 N–H and O–H groups in total. The lowest BCUT2D eigenvalue weighted by atomic mass is 10.2. The van der Waals surface area contributed by atoms with Gasteiger partial charge in [0.05, 0.1) is 6.10 Å². The molecular formula is C13H20BrNO2. The average Bonchev–Trinajstić information content (AvgIpc) is 2.29. The lowest BCUT2D eigenvalue weighted by molar-refractivity contribution is 0.0597. The molecule has 96 valence electrons. The maximum absolute atomic E-state index is 9.45. The van der Waals surface area contributed by atoms with Crippen LogP contribution >= 0.6 is 15.9 Å². The van der Waals surface area contributed by atoms with Crippen LogP contribution in [-0.4, -0.2) is 23.9 Å². The van der Waals surface area contributed by atoms with E-state index >= 15 is 0 Å². The van der Waals surface area contributed by atoms with E-state index in [-0.39, 0.29) is 6.10 Å². The van der Waals surface area contributed by atoms with Crippen LogP contribution in [0.5, 0.6) is 5.75 Å². The van der Waals surface area contributed by atoms with Gasteiger partial charge in [-0.15, -0.1) is 0 Å². The topological polar surface area (TPSA) is 41.5 Å². The van der Waals surface area contributed by atoms with E-state index < -0.39 is 6.10 Å². The molecule has 0 fully saturated rings. The molecule has 1 aromatic rings. The minimum absolute atomic E-state index is 0.212. The van der Waals surface area contributed by atoms with Crippen molar-refractivity contribution in [3.05, 3.63) is 28.2 Å². The number of ether oxygens (including phenoxy) is 1. The zero-order chi connectivity index (χ0) is 12.8. The number of hydrogen-bond acceptors (Lipinski definition) is 3. The van der Waals surface area contributed by atoms with Gasteiger partial charge in [-0.25, -0.2) is 0 Å². The largest absolute Gasteiger partial charge is 0.488 e. The SMILES string of the molecule is CCNCc1cc(Br)ccc1OC(C)C(C)O. The molecular weight excluding hydrogens is 282 g/mol. The van der Waals surface area contributed by atoms with Crippen LogP contribution in [-0.2, 0) is 6.54 Å². The maximum Gasteiger partial charge on any atom is 0.124 e. The summed E-state index contributed by atoms with van der Waals surface area (Å²) in [5.41, 5.74) is 1.09. The van der Waals surface area contributed by atoms with Crippen molar-refractivity contribution in [3.63, 3.8) is 0 Å². The van der Waals surface area contributed by atoms with Crippen molar-refractivity contribution in [3.8, 4) is 5.75 Å². The number of rotatable bonds is 6. The van der Waals surface area contributed by atoms with Gasteiger partial charge in [0.15, 0.2) is 0 Å². The van der Waals surface area contributed by atoms with E-state index in [1.54, 1.807) is 6.92 Å². The lowest BCUT2D eigenvalue weighted by Gasteiger charge is -2.20. The predicted molar refractivity (Wildman–Crippen MR) is 73.3 cm³/mol. The van der Waals surface area contributed by atoms with E-state index in [0.717, 1.165) is 28.9 Å². The Morgan fingerprint density at radius 1 is 1.41 bits per heavy atom. The van der Waals surface area contributed by atoms with E-state index in [9.17, 15) is 5.11 Å². The molecule has 0 aliphatic carbocycles. The van der Waals surface area contributed by atoms with Gasteiger partial charge in [0.1, 0.15) is 11.9 Å². The quantitative estimate of drug-likeness (QED) is 0.849. The van der Waals surface area contributed by atoms with Gasteiger partial charge in [-0.05, 0) is 38.6 Å². The standard InChI is InChI=1S/C13H20BrNO2/c1-4-15-8-11-7-12(14)5-6-13(11)17-10(3)9(2)16/h5-7,9-10,15-16H,4,8H2,1-3H3. The summed E-state index contributed by atoms with van der Waals surface area (Å²) in [5.74, 6) is 0.822. The number of aliphatic hydroxyl groups is 1. The predicted octanol–water partition coefficient (Wildman–Crippen LogP) is 2.71. The first kappa shape index (κ1) is 14.5. The lowest BCUT2D eigenvalue weighted by Crippen LogP contribution is -2.26. The van der Waals surface area contributed by atoms with Gasteiger partial charge >= 0.3 is 0 Å². The average molecular weight is 302 g/mol. The first-order valence-corrected chi connectivity index (χ1v) is 6.67. The van der Waals surface area contributed by atoms with Crippen molar-refractivity contribution in [2.75, 3.05) is 6.54 Å². The zero-order valence-electron chi connectivity index (χ0n) is 10.5. The van der Waals surface area contributed by atoms with Crippen LogP contribution in [0.2, 0.25) is 0 Å². The third-order valence-electron chi connectivity index (χ3n) is 2.58. The summed E-state index contributed by atoms with van der Waals surface area (Å²) in [7, 11) is 0. The molecule has 0 aliphatic heterocycles. The maximum atomic E-state index is 9.45. The number of aliphatic hydroxyl groups excluding tert-OH is 1. The van der Waals surface area contributed by atoms with Crippen molar-refractivity contribution in [1.29, 1.82) is 0 Å². The van der Waals surface area contributed by atoms with Crippen LogP contribution in [0.25, 0.3) is 0 Å². The summed E-state index contributed by atoms with van der Waals surface area (Å²) in [6, 6.07) is 5.90. The van der Waals surface area contributed by atoms with Crippen LogP contribution in [0, 0.1) is 0 Å². The van der Waals surface area contributed by atoms with E-state index in [4.69, 9.17) is 4.74 Å². The van der Waals surface area contributed by atoms with Gasteiger partial charge in [-0.1, -0.05) is 22.9 Å². The van der Waals surface area contributed by atoms with Gasteiger partial charge in [-0.2, -0.15) is 0 Å². The van der Waals surface area contributed by atoms with Crippen molar-refractivity contribution >= 4 is 15.9 Å². The molecule has 0 amide bonds. The molecule has 0 radical (unpaired) electrons. The second-order valence-electron chi connectivity index (χ2n) is 4.10. The summed E-state index contributed by atoms with van der Waals surface area (Å²) >= 11 is 3.45. The Labute approximate surface area is 111 Å². The Bertz CT molecular complexity index is 355. The highest BCUT2D eigenvalue weighted by atomic mass is 79.9. The van der Waals surface area contributed by atoms with E-state index in [0.29, 0.717) is 0 Å².